The van der Waals surface area contributed by atoms with Crippen LogP contribution in [0.1, 0.15) is 13.8 Å². The van der Waals surface area contributed by atoms with Crippen molar-refractivity contribution in [3.8, 4) is 11.3 Å². The number of carboxylic acids is 1. The molecule has 7 nitrogen and oxygen atoms in total. The second kappa shape index (κ2) is 6.52. The van der Waals surface area contributed by atoms with E-state index in [1.54, 1.807) is 17.5 Å². The molecular weight excluding hydrogens is 306 g/mol. The molecule has 8 heteroatoms. The Morgan fingerprint density at radius 3 is 2.50 bits per heavy atom. The van der Waals surface area contributed by atoms with Gasteiger partial charge in [-0.15, -0.1) is 11.3 Å². The number of rotatable bonds is 6. The van der Waals surface area contributed by atoms with Crippen LogP contribution < -0.4 is 5.32 Å². The lowest BCUT2D eigenvalue weighted by molar-refractivity contribution is -0.384. The first-order valence-electron chi connectivity index (χ1n) is 6.58. The number of nitro benzene ring substituents is 1. The molecule has 0 unspecified atom stereocenters. The molecule has 0 aliphatic rings. The summed E-state index contributed by atoms with van der Waals surface area (Å²) in [5.41, 5.74) is 1.41. The maximum absolute atomic E-state index is 11.2. The molecule has 2 aromatic rings. The van der Waals surface area contributed by atoms with Crippen LogP contribution in [0.2, 0.25) is 0 Å². The average Bonchev–Trinajstić information content (AvgIpc) is 2.92. The van der Waals surface area contributed by atoms with Gasteiger partial charge in [0.25, 0.3) is 5.69 Å². The molecule has 0 saturated carbocycles. The molecule has 0 saturated heterocycles. The lowest BCUT2D eigenvalue weighted by atomic mass is 10.1. The van der Waals surface area contributed by atoms with Crippen LogP contribution in [-0.4, -0.2) is 27.0 Å². The van der Waals surface area contributed by atoms with E-state index in [1.807, 2.05) is 13.8 Å². The number of nitrogens with zero attached hydrogens (tertiary/aromatic N) is 2. The second-order valence-corrected chi connectivity index (χ2v) is 5.90. The number of thiazole rings is 1. The third-order valence-electron chi connectivity index (χ3n) is 3.09. The van der Waals surface area contributed by atoms with Crippen molar-refractivity contribution in [2.75, 3.05) is 5.32 Å². The smallest absolute Gasteiger partial charge is 0.326 e. The molecule has 2 N–H and O–H groups in total. The summed E-state index contributed by atoms with van der Waals surface area (Å²) in [5.74, 6) is -1.01. The Labute approximate surface area is 130 Å². The van der Waals surface area contributed by atoms with E-state index in [-0.39, 0.29) is 11.6 Å². The summed E-state index contributed by atoms with van der Waals surface area (Å²) in [5, 5.41) is 25.0. The maximum atomic E-state index is 11.2. The summed E-state index contributed by atoms with van der Waals surface area (Å²) in [7, 11) is 0. The van der Waals surface area contributed by atoms with E-state index in [0.717, 1.165) is 5.56 Å². The van der Waals surface area contributed by atoms with Crippen molar-refractivity contribution in [2.45, 2.75) is 19.9 Å². The Kier molecular flexibility index (Phi) is 4.71. The van der Waals surface area contributed by atoms with Crippen LogP contribution in [0.25, 0.3) is 11.3 Å². The van der Waals surface area contributed by atoms with Crippen molar-refractivity contribution in [3.63, 3.8) is 0 Å². The highest BCUT2D eigenvalue weighted by Crippen LogP contribution is 2.27. The molecule has 0 bridgehead atoms. The molecule has 1 atom stereocenters. The molecule has 0 aliphatic carbocycles. The van der Waals surface area contributed by atoms with Gasteiger partial charge in [-0.2, -0.15) is 0 Å². The number of hydrogen-bond donors (Lipinski definition) is 2. The maximum Gasteiger partial charge on any atom is 0.326 e. The van der Waals surface area contributed by atoms with Gasteiger partial charge >= 0.3 is 5.97 Å². The van der Waals surface area contributed by atoms with Gasteiger partial charge in [0.2, 0.25) is 0 Å². The van der Waals surface area contributed by atoms with E-state index in [9.17, 15) is 14.9 Å². The number of aliphatic carboxylic acids is 1. The van der Waals surface area contributed by atoms with Gasteiger partial charge < -0.3 is 10.4 Å². The van der Waals surface area contributed by atoms with Crippen LogP contribution in [0.5, 0.6) is 0 Å². The minimum atomic E-state index is -0.929. The molecule has 0 aliphatic heterocycles. The number of carbonyl (C=O) groups is 1. The van der Waals surface area contributed by atoms with Crippen LogP contribution >= 0.6 is 11.3 Å². The third kappa shape index (κ3) is 3.59. The molecule has 116 valence electrons. The molecule has 1 aromatic heterocycles. The second-order valence-electron chi connectivity index (χ2n) is 5.05. The number of non-ortho nitro benzene ring substituents is 1. The Morgan fingerprint density at radius 2 is 2.00 bits per heavy atom. The highest BCUT2D eigenvalue weighted by atomic mass is 32.1. The third-order valence-corrected chi connectivity index (χ3v) is 3.86. The first-order valence-corrected chi connectivity index (χ1v) is 7.46. The van der Waals surface area contributed by atoms with E-state index in [2.05, 4.69) is 10.3 Å². The van der Waals surface area contributed by atoms with Crippen molar-refractivity contribution in [3.05, 3.63) is 39.8 Å². The van der Waals surface area contributed by atoms with E-state index in [0.29, 0.717) is 10.8 Å². The summed E-state index contributed by atoms with van der Waals surface area (Å²) in [6, 6.07) is 5.35. The number of carboxylic acid groups (broad SMARTS) is 1. The van der Waals surface area contributed by atoms with Crippen LogP contribution in [0.3, 0.4) is 0 Å². The standard InChI is InChI=1S/C14H15N3O4S/c1-8(2)12(13(18)19)16-14-15-11(7-22-14)9-3-5-10(6-4-9)17(20)21/h3-8,12H,1-2H3,(H,15,16)(H,18,19)/t12-/m1/s1. The van der Waals surface area contributed by atoms with Crippen molar-refractivity contribution >= 4 is 28.1 Å². The number of nitrogens with one attached hydrogen (secondary N) is 1. The molecule has 2 rings (SSSR count). The number of anilines is 1. The van der Waals surface area contributed by atoms with Gasteiger partial charge in [-0.25, -0.2) is 9.78 Å². The molecule has 22 heavy (non-hydrogen) atoms. The molecule has 0 fully saturated rings. The predicted molar refractivity (Wildman–Crippen MR) is 84.1 cm³/mol. The molecule has 1 aromatic carbocycles. The highest BCUT2D eigenvalue weighted by molar-refractivity contribution is 7.14. The highest BCUT2D eigenvalue weighted by Gasteiger charge is 2.22. The summed E-state index contributed by atoms with van der Waals surface area (Å²) in [4.78, 5) is 25.7. The average molecular weight is 321 g/mol. The fourth-order valence-electron chi connectivity index (χ4n) is 1.87. The van der Waals surface area contributed by atoms with Crippen molar-refractivity contribution in [2.24, 2.45) is 5.92 Å². The van der Waals surface area contributed by atoms with Crippen LogP contribution in [-0.2, 0) is 4.79 Å². The van der Waals surface area contributed by atoms with Crippen LogP contribution in [0, 0.1) is 16.0 Å². The number of aromatic nitrogens is 1. The normalized spacial score (nSPS) is 12.1. The first kappa shape index (κ1) is 15.9. The van der Waals surface area contributed by atoms with E-state index in [1.165, 1.54) is 23.5 Å². The zero-order valence-electron chi connectivity index (χ0n) is 12.0. The lowest BCUT2D eigenvalue weighted by Crippen LogP contribution is -2.34. The van der Waals surface area contributed by atoms with Gasteiger partial charge in [-0.05, 0) is 18.1 Å². The summed E-state index contributed by atoms with van der Waals surface area (Å²) >= 11 is 1.30. The van der Waals surface area contributed by atoms with Gasteiger partial charge in [0.1, 0.15) is 6.04 Å². The topological polar surface area (TPSA) is 105 Å². The van der Waals surface area contributed by atoms with E-state index < -0.39 is 16.9 Å². The Bertz CT molecular complexity index is 682. The van der Waals surface area contributed by atoms with Gasteiger partial charge in [0.15, 0.2) is 5.13 Å². The number of benzene rings is 1. The van der Waals surface area contributed by atoms with Gasteiger partial charge in [0, 0.05) is 23.1 Å². The van der Waals surface area contributed by atoms with Crippen molar-refractivity contribution in [1.82, 2.24) is 4.98 Å². The van der Waals surface area contributed by atoms with E-state index >= 15 is 0 Å². The molecule has 1 heterocycles. The Morgan fingerprint density at radius 1 is 1.36 bits per heavy atom. The zero-order valence-corrected chi connectivity index (χ0v) is 12.8. The largest absolute Gasteiger partial charge is 0.480 e. The molecule has 0 amide bonds. The molecule has 0 spiro atoms. The minimum Gasteiger partial charge on any atom is -0.480 e. The summed E-state index contributed by atoms with van der Waals surface area (Å²) in [6.07, 6.45) is 0. The van der Waals surface area contributed by atoms with Crippen molar-refractivity contribution in [1.29, 1.82) is 0 Å². The number of nitro groups is 1. The minimum absolute atomic E-state index is 0.0167. The summed E-state index contributed by atoms with van der Waals surface area (Å²) < 4.78 is 0. The quantitative estimate of drug-likeness (QED) is 0.625. The first-order chi connectivity index (χ1) is 10.4. The molecular formula is C14H15N3O4S. The van der Waals surface area contributed by atoms with Crippen molar-refractivity contribution < 1.29 is 14.8 Å². The lowest BCUT2D eigenvalue weighted by Gasteiger charge is -2.16. The SMILES string of the molecule is CC(C)[C@@H](Nc1nc(-c2ccc([N+](=O)[O-])cc2)cs1)C(=O)O. The Balaban J connectivity index is 2.17. The summed E-state index contributed by atoms with van der Waals surface area (Å²) in [6.45, 7) is 3.63. The Hall–Kier alpha value is -2.48. The molecule has 0 radical (unpaired) electrons. The van der Waals surface area contributed by atoms with Gasteiger partial charge in [-0.3, -0.25) is 10.1 Å². The predicted octanol–water partition coefficient (Wildman–Crippen LogP) is 3.24. The zero-order chi connectivity index (χ0) is 16.3. The monoisotopic (exact) mass is 321 g/mol. The number of hydrogen-bond acceptors (Lipinski definition) is 6. The van der Waals surface area contributed by atoms with Crippen LogP contribution in [0.4, 0.5) is 10.8 Å². The van der Waals surface area contributed by atoms with Gasteiger partial charge in [0.05, 0.1) is 10.6 Å². The van der Waals surface area contributed by atoms with Crippen LogP contribution in [0.15, 0.2) is 29.6 Å². The van der Waals surface area contributed by atoms with Gasteiger partial charge in [-0.1, -0.05) is 13.8 Å². The fraction of sp³-hybridized carbons (Fsp3) is 0.286. The van der Waals surface area contributed by atoms with E-state index in [4.69, 9.17) is 5.11 Å². The fourth-order valence-corrected chi connectivity index (χ4v) is 2.63.